The fourth-order valence-electron chi connectivity index (χ4n) is 3.89. The van der Waals surface area contributed by atoms with Crippen molar-refractivity contribution in [2.45, 2.75) is 50.4 Å². The van der Waals surface area contributed by atoms with Crippen LogP contribution in [0.15, 0.2) is 4.52 Å². The Labute approximate surface area is 148 Å². The second-order valence-electron chi connectivity index (χ2n) is 6.45. The molecule has 0 aromatic carbocycles. The average molecular weight is 367 g/mol. The van der Waals surface area contributed by atoms with Crippen molar-refractivity contribution in [3.05, 3.63) is 21.6 Å². The van der Waals surface area contributed by atoms with Crippen molar-refractivity contribution in [3.63, 3.8) is 0 Å². The summed E-state index contributed by atoms with van der Waals surface area (Å²) in [4.78, 5) is 21.0. The third-order valence-electron chi connectivity index (χ3n) is 5.11. The maximum Gasteiger partial charge on any atom is 0.185 e. The van der Waals surface area contributed by atoms with Crippen molar-refractivity contribution in [1.29, 1.82) is 0 Å². The number of Topliss-reactive ketones (excluding diaryl/α,β-unsaturated/α-hetero) is 1. The molecule has 2 aromatic rings. The number of hydrogen-bond acceptors (Lipinski definition) is 6. The average Bonchev–Trinajstić information content (AvgIpc) is 3.00. The first-order chi connectivity index (χ1) is 11.5. The summed E-state index contributed by atoms with van der Waals surface area (Å²) in [6.07, 6.45) is 5.89. The van der Waals surface area contributed by atoms with Gasteiger partial charge in [0.2, 0.25) is 0 Å². The van der Waals surface area contributed by atoms with Crippen molar-refractivity contribution in [2.24, 2.45) is 0 Å². The van der Waals surface area contributed by atoms with Crippen molar-refractivity contribution >= 4 is 34.7 Å². The van der Waals surface area contributed by atoms with Gasteiger partial charge >= 0.3 is 0 Å². The van der Waals surface area contributed by atoms with Crippen molar-refractivity contribution in [2.75, 3.05) is 5.73 Å². The SMILES string of the molecule is Nc1c(Cl)nc(-c2noc3c2CCC[C@@]32CCCCC2=O)nc1Cl. The summed E-state index contributed by atoms with van der Waals surface area (Å²) in [5, 5.41) is 4.32. The molecule has 2 aliphatic carbocycles. The van der Waals surface area contributed by atoms with Crippen LogP contribution in [0.1, 0.15) is 49.8 Å². The smallest absolute Gasteiger partial charge is 0.185 e. The van der Waals surface area contributed by atoms with E-state index in [0.717, 1.165) is 44.1 Å². The van der Waals surface area contributed by atoms with E-state index in [1.54, 1.807) is 0 Å². The standard InChI is InChI=1S/C16H16Cl2N4O2/c17-13-10(19)14(18)21-15(20-13)11-8-4-3-7-16(12(8)24-22-11)6-2-1-5-9(16)23/h1-7,19H2/t16-/m1/s1. The number of carbonyl (C=O) groups is 1. The molecule has 2 heterocycles. The quantitative estimate of drug-likeness (QED) is 0.772. The topological polar surface area (TPSA) is 94.9 Å². The van der Waals surface area contributed by atoms with E-state index in [0.29, 0.717) is 17.9 Å². The number of nitrogens with two attached hydrogens (primary N) is 1. The summed E-state index contributed by atoms with van der Waals surface area (Å²) >= 11 is 12.0. The second kappa shape index (κ2) is 5.70. The molecule has 0 saturated heterocycles. The predicted octanol–water partition coefficient (Wildman–Crippen LogP) is 3.74. The zero-order chi connectivity index (χ0) is 16.9. The number of halogens is 2. The molecule has 1 saturated carbocycles. The number of rotatable bonds is 1. The van der Waals surface area contributed by atoms with Crippen LogP contribution < -0.4 is 5.73 Å². The van der Waals surface area contributed by atoms with Crippen molar-refractivity contribution < 1.29 is 9.32 Å². The van der Waals surface area contributed by atoms with Gasteiger partial charge in [0.05, 0.1) is 5.41 Å². The van der Waals surface area contributed by atoms with E-state index in [4.69, 9.17) is 33.5 Å². The van der Waals surface area contributed by atoms with Gasteiger partial charge < -0.3 is 10.3 Å². The van der Waals surface area contributed by atoms with E-state index in [-0.39, 0.29) is 27.6 Å². The zero-order valence-corrected chi connectivity index (χ0v) is 14.5. The maximum atomic E-state index is 12.7. The third kappa shape index (κ3) is 2.24. The van der Waals surface area contributed by atoms with Crippen molar-refractivity contribution in [1.82, 2.24) is 15.1 Å². The van der Waals surface area contributed by atoms with Gasteiger partial charge in [0, 0.05) is 12.0 Å². The molecule has 6 nitrogen and oxygen atoms in total. The van der Waals surface area contributed by atoms with Crippen LogP contribution in [-0.2, 0) is 16.6 Å². The van der Waals surface area contributed by atoms with Gasteiger partial charge in [0.1, 0.15) is 11.5 Å². The number of nitrogens with zero attached hydrogens (tertiary/aromatic N) is 3. The Balaban J connectivity index is 1.85. The lowest BCUT2D eigenvalue weighted by Gasteiger charge is -2.36. The van der Waals surface area contributed by atoms with Gasteiger partial charge in [-0.15, -0.1) is 0 Å². The summed E-state index contributed by atoms with van der Waals surface area (Å²) in [7, 11) is 0. The number of hydrogen-bond donors (Lipinski definition) is 1. The first-order valence-electron chi connectivity index (χ1n) is 8.04. The number of fused-ring (bicyclic) bond motifs is 2. The molecule has 8 heteroatoms. The van der Waals surface area contributed by atoms with Crippen LogP contribution in [0.3, 0.4) is 0 Å². The highest BCUT2D eigenvalue weighted by atomic mass is 35.5. The largest absolute Gasteiger partial charge is 0.394 e. The van der Waals surface area contributed by atoms with Crippen molar-refractivity contribution in [3.8, 4) is 11.5 Å². The number of carbonyl (C=O) groups excluding carboxylic acids is 1. The first kappa shape index (κ1) is 15.8. The minimum absolute atomic E-state index is 0.0843. The van der Waals surface area contributed by atoms with Crippen LogP contribution in [0.25, 0.3) is 11.5 Å². The van der Waals surface area contributed by atoms with Crippen LogP contribution in [0.5, 0.6) is 0 Å². The van der Waals surface area contributed by atoms with E-state index < -0.39 is 5.41 Å². The number of aromatic nitrogens is 3. The Hall–Kier alpha value is -1.66. The first-order valence-corrected chi connectivity index (χ1v) is 8.80. The number of anilines is 1. The summed E-state index contributed by atoms with van der Waals surface area (Å²) in [5.41, 5.74) is 6.71. The predicted molar refractivity (Wildman–Crippen MR) is 90.1 cm³/mol. The zero-order valence-electron chi connectivity index (χ0n) is 12.9. The highest BCUT2D eigenvalue weighted by Crippen LogP contribution is 2.47. The molecule has 0 aliphatic heterocycles. The van der Waals surface area contributed by atoms with E-state index in [9.17, 15) is 4.79 Å². The van der Waals surface area contributed by atoms with Crippen LogP contribution in [0.4, 0.5) is 5.69 Å². The lowest BCUT2D eigenvalue weighted by atomic mass is 9.64. The molecule has 1 fully saturated rings. The highest BCUT2D eigenvalue weighted by molar-refractivity contribution is 6.37. The second-order valence-corrected chi connectivity index (χ2v) is 7.16. The van der Waals surface area contributed by atoms with Gasteiger partial charge in [-0.05, 0) is 32.1 Å². The third-order valence-corrected chi connectivity index (χ3v) is 5.68. The van der Waals surface area contributed by atoms with E-state index in [1.165, 1.54) is 0 Å². The summed E-state index contributed by atoms with van der Waals surface area (Å²) in [6, 6.07) is 0. The van der Waals surface area contributed by atoms with Crippen LogP contribution in [-0.4, -0.2) is 20.9 Å². The molecule has 126 valence electrons. The fourth-order valence-corrected chi connectivity index (χ4v) is 4.28. The van der Waals surface area contributed by atoms with Crippen LogP contribution in [0, 0.1) is 0 Å². The van der Waals surface area contributed by atoms with E-state index in [1.807, 2.05) is 0 Å². The van der Waals surface area contributed by atoms with E-state index >= 15 is 0 Å². The minimum atomic E-state index is -0.529. The van der Waals surface area contributed by atoms with Gasteiger partial charge in [-0.1, -0.05) is 34.8 Å². The molecule has 24 heavy (non-hydrogen) atoms. The van der Waals surface area contributed by atoms with Crippen LogP contribution in [0.2, 0.25) is 10.3 Å². The molecular weight excluding hydrogens is 351 g/mol. The van der Waals surface area contributed by atoms with Crippen LogP contribution >= 0.6 is 23.2 Å². The molecule has 4 rings (SSSR count). The highest BCUT2D eigenvalue weighted by Gasteiger charge is 2.48. The number of nitrogen functional groups attached to an aromatic ring is 1. The molecule has 0 unspecified atom stereocenters. The lowest BCUT2D eigenvalue weighted by molar-refractivity contribution is -0.128. The molecule has 0 bridgehead atoms. The molecule has 2 N–H and O–H groups in total. The van der Waals surface area contributed by atoms with Gasteiger partial charge in [-0.2, -0.15) is 0 Å². The molecule has 0 amide bonds. The molecule has 2 aromatic heterocycles. The summed E-state index contributed by atoms with van der Waals surface area (Å²) < 4.78 is 5.65. The normalized spacial score (nSPS) is 23.5. The fraction of sp³-hybridized carbons (Fsp3) is 0.500. The van der Waals surface area contributed by atoms with E-state index in [2.05, 4.69) is 15.1 Å². The monoisotopic (exact) mass is 366 g/mol. The molecule has 2 aliphatic rings. The molecule has 1 atom stereocenters. The van der Waals surface area contributed by atoms with Gasteiger partial charge in [-0.25, -0.2) is 9.97 Å². The Morgan fingerprint density at radius 2 is 1.75 bits per heavy atom. The minimum Gasteiger partial charge on any atom is -0.394 e. The van der Waals surface area contributed by atoms with Gasteiger partial charge in [0.25, 0.3) is 0 Å². The molecule has 0 radical (unpaired) electrons. The lowest BCUT2D eigenvalue weighted by Crippen LogP contribution is -2.41. The Bertz CT molecular complexity index is 812. The van der Waals surface area contributed by atoms with Gasteiger partial charge in [0.15, 0.2) is 27.6 Å². The Morgan fingerprint density at radius 3 is 2.46 bits per heavy atom. The Kier molecular flexibility index (Phi) is 3.77. The molecular formula is C16H16Cl2N4O2. The maximum absolute atomic E-state index is 12.7. The summed E-state index contributed by atoms with van der Waals surface area (Å²) in [6.45, 7) is 0. The molecule has 1 spiro atoms. The Morgan fingerprint density at radius 1 is 1.04 bits per heavy atom. The number of ketones is 1. The van der Waals surface area contributed by atoms with Gasteiger partial charge in [-0.3, -0.25) is 4.79 Å². The summed E-state index contributed by atoms with van der Waals surface area (Å²) in [5.74, 6) is 1.22.